The molecule has 0 aromatic heterocycles. The van der Waals surface area contributed by atoms with Crippen LogP contribution in [0.4, 0.5) is 0 Å². The molecule has 0 aliphatic rings. The fourth-order valence-corrected chi connectivity index (χ4v) is 3.58. The van der Waals surface area contributed by atoms with Gasteiger partial charge in [0.15, 0.2) is 11.5 Å². The van der Waals surface area contributed by atoms with Crippen molar-refractivity contribution in [2.75, 3.05) is 6.61 Å². The quantitative estimate of drug-likeness (QED) is 0.207. The standard InChI is InChI=1S/C30H47NO8/c1-8-11-21(6)29(34)36-18-22(7)37-30(35)24(31)16-23-12-13-25(38-27(32)14-19(4)9-2)26(17-23)39-28(33)15-20(5)10-3/h12-13,17,19-22,24H,8-11,14-16,18,31H2,1-7H3/t19?,20?,21?,22-,24-/m0/s1. The molecule has 0 amide bonds. The van der Waals surface area contributed by atoms with Gasteiger partial charge in [-0.1, -0.05) is 66.9 Å². The van der Waals surface area contributed by atoms with E-state index in [9.17, 15) is 19.2 Å². The highest BCUT2D eigenvalue weighted by Gasteiger charge is 2.23. The average molecular weight is 550 g/mol. The van der Waals surface area contributed by atoms with Gasteiger partial charge in [0, 0.05) is 12.8 Å². The zero-order chi connectivity index (χ0) is 29.5. The van der Waals surface area contributed by atoms with Gasteiger partial charge in [-0.3, -0.25) is 19.2 Å². The SMILES string of the molecule is CCCC(C)C(=O)OC[C@H](C)OC(=O)[C@@H](N)Cc1ccc(OC(=O)CC(C)CC)c(OC(=O)CC(C)CC)c1. The highest BCUT2D eigenvalue weighted by Crippen LogP contribution is 2.30. The highest BCUT2D eigenvalue weighted by molar-refractivity contribution is 5.78. The largest absolute Gasteiger partial charge is 0.462 e. The molecule has 3 unspecified atom stereocenters. The highest BCUT2D eigenvalue weighted by atomic mass is 16.6. The van der Waals surface area contributed by atoms with Crippen LogP contribution in [0.1, 0.15) is 92.6 Å². The normalized spacial score (nSPS) is 14.9. The fourth-order valence-electron chi connectivity index (χ4n) is 3.58. The molecule has 0 aliphatic carbocycles. The van der Waals surface area contributed by atoms with Crippen molar-refractivity contribution >= 4 is 23.9 Å². The summed E-state index contributed by atoms with van der Waals surface area (Å²) in [5, 5.41) is 0. The van der Waals surface area contributed by atoms with Gasteiger partial charge in [0.25, 0.3) is 0 Å². The maximum atomic E-state index is 12.6. The van der Waals surface area contributed by atoms with Crippen molar-refractivity contribution in [3.05, 3.63) is 23.8 Å². The molecule has 0 saturated heterocycles. The number of ether oxygens (including phenoxy) is 4. The van der Waals surface area contributed by atoms with Gasteiger partial charge in [-0.25, -0.2) is 0 Å². The van der Waals surface area contributed by atoms with Crippen LogP contribution in [0, 0.1) is 17.8 Å². The predicted molar refractivity (Wildman–Crippen MR) is 148 cm³/mol. The Morgan fingerprint density at radius 1 is 0.821 bits per heavy atom. The number of benzene rings is 1. The van der Waals surface area contributed by atoms with E-state index in [0.29, 0.717) is 5.56 Å². The van der Waals surface area contributed by atoms with Crippen molar-refractivity contribution in [1.29, 1.82) is 0 Å². The first-order chi connectivity index (χ1) is 18.4. The zero-order valence-electron chi connectivity index (χ0n) is 24.6. The maximum absolute atomic E-state index is 12.6. The van der Waals surface area contributed by atoms with E-state index < -0.39 is 30.1 Å². The van der Waals surface area contributed by atoms with Gasteiger partial charge in [0.05, 0.1) is 5.92 Å². The van der Waals surface area contributed by atoms with Crippen LogP contribution in [0.2, 0.25) is 0 Å². The van der Waals surface area contributed by atoms with E-state index in [2.05, 4.69) is 0 Å². The second-order valence-corrected chi connectivity index (χ2v) is 10.5. The molecule has 1 aromatic rings. The molecule has 1 rings (SSSR count). The summed E-state index contributed by atoms with van der Waals surface area (Å²) in [5.74, 6) is -1.54. The number of nitrogens with two attached hydrogens (primary N) is 1. The van der Waals surface area contributed by atoms with E-state index >= 15 is 0 Å². The first kappa shape index (κ1) is 34.1. The first-order valence-corrected chi connectivity index (χ1v) is 14.1. The van der Waals surface area contributed by atoms with E-state index in [4.69, 9.17) is 24.7 Å². The molecule has 9 nitrogen and oxygen atoms in total. The van der Waals surface area contributed by atoms with Gasteiger partial charge in [0.2, 0.25) is 0 Å². The Kier molecular flexibility index (Phi) is 15.4. The lowest BCUT2D eigenvalue weighted by molar-refractivity contribution is -0.161. The van der Waals surface area contributed by atoms with Gasteiger partial charge >= 0.3 is 23.9 Å². The number of carbonyl (C=O) groups is 4. The van der Waals surface area contributed by atoms with Crippen LogP contribution in [-0.2, 0) is 35.1 Å². The molecule has 39 heavy (non-hydrogen) atoms. The van der Waals surface area contributed by atoms with Gasteiger partial charge in [-0.2, -0.15) is 0 Å². The molecular weight excluding hydrogens is 502 g/mol. The van der Waals surface area contributed by atoms with Crippen molar-refractivity contribution < 1.29 is 38.1 Å². The Hall–Kier alpha value is -2.94. The second-order valence-electron chi connectivity index (χ2n) is 10.5. The second kappa shape index (κ2) is 17.6. The number of carbonyl (C=O) groups excluding carboxylic acids is 4. The summed E-state index contributed by atoms with van der Waals surface area (Å²) < 4.78 is 21.7. The molecular formula is C30H47NO8. The molecule has 0 heterocycles. The molecule has 0 aliphatic heterocycles. The molecule has 5 atom stereocenters. The van der Waals surface area contributed by atoms with Crippen molar-refractivity contribution in [1.82, 2.24) is 0 Å². The number of esters is 4. The summed E-state index contributed by atoms with van der Waals surface area (Å²) in [6.07, 6.45) is 3.13. The minimum absolute atomic E-state index is 0.0572. The fraction of sp³-hybridized carbons (Fsp3) is 0.667. The average Bonchev–Trinajstić information content (AvgIpc) is 2.88. The predicted octanol–water partition coefficient (Wildman–Crippen LogP) is 5.15. The summed E-state index contributed by atoms with van der Waals surface area (Å²) in [5.41, 5.74) is 6.69. The van der Waals surface area contributed by atoms with Crippen LogP contribution < -0.4 is 15.2 Å². The Morgan fingerprint density at radius 3 is 1.92 bits per heavy atom. The lowest BCUT2D eigenvalue weighted by Gasteiger charge is -2.19. The summed E-state index contributed by atoms with van der Waals surface area (Å²) in [6.45, 7) is 13.2. The molecule has 9 heteroatoms. The monoisotopic (exact) mass is 549 g/mol. The van der Waals surface area contributed by atoms with Gasteiger partial charge in [-0.15, -0.1) is 0 Å². The Morgan fingerprint density at radius 2 is 1.38 bits per heavy atom. The van der Waals surface area contributed by atoms with Gasteiger partial charge < -0.3 is 24.7 Å². The Balaban J connectivity index is 2.89. The third-order valence-corrected chi connectivity index (χ3v) is 6.54. The molecule has 2 N–H and O–H groups in total. The van der Waals surface area contributed by atoms with Crippen molar-refractivity contribution in [2.24, 2.45) is 23.5 Å². The van der Waals surface area contributed by atoms with E-state index in [-0.39, 0.29) is 61.1 Å². The smallest absolute Gasteiger partial charge is 0.323 e. The number of hydrogen-bond donors (Lipinski definition) is 1. The van der Waals surface area contributed by atoms with Crippen LogP contribution in [0.3, 0.4) is 0 Å². The molecule has 220 valence electrons. The van der Waals surface area contributed by atoms with Crippen LogP contribution in [0.25, 0.3) is 0 Å². The molecule has 0 fully saturated rings. The lowest BCUT2D eigenvalue weighted by Crippen LogP contribution is -2.37. The molecule has 1 aromatic carbocycles. The Bertz CT molecular complexity index is 947. The van der Waals surface area contributed by atoms with Crippen LogP contribution in [-0.4, -0.2) is 42.6 Å². The van der Waals surface area contributed by atoms with Crippen LogP contribution in [0.15, 0.2) is 18.2 Å². The van der Waals surface area contributed by atoms with E-state index in [0.717, 1.165) is 25.7 Å². The van der Waals surface area contributed by atoms with Gasteiger partial charge in [-0.05, 0) is 49.3 Å². The van der Waals surface area contributed by atoms with Crippen molar-refractivity contribution in [2.45, 2.75) is 106 Å². The zero-order valence-corrected chi connectivity index (χ0v) is 24.6. The minimum Gasteiger partial charge on any atom is -0.462 e. The Labute approximate surface area is 233 Å². The van der Waals surface area contributed by atoms with E-state index in [1.165, 1.54) is 6.07 Å². The number of hydrogen-bond acceptors (Lipinski definition) is 9. The summed E-state index contributed by atoms with van der Waals surface area (Å²) in [7, 11) is 0. The van der Waals surface area contributed by atoms with E-state index in [1.807, 2.05) is 34.6 Å². The van der Waals surface area contributed by atoms with Crippen molar-refractivity contribution in [3.63, 3.8) is 0 Å². The summed E-state index contributed by atoms with van der Waals surface area (Å²) >= 11 is 0. The topological polar surface area (TPSA) is 131 Å². The molecule has 0 saturated carbocycles. The van der Waals surface area contributed by atoms with E-state index in [1.54, 1.807) is 26.0 Å². The third-order valence-electron chi connectivity index (χ3n) is 6.54. The third kappa shape index (κ3) is 13.1. The molecule has 0 radical (unpaired) electrons. The van der Waals surface area contributed by atoms with Crippen molar-refractivity contribution in [3.8, 4) is 11.5 Å². The summed E-state index contributed by atoms with van der Waals surface area (Å²) in [6, 6.07) is 3.73. The maximum Gasteiger partial charge on any atom is 0.323 e. The van der Waals surface area contributed by atoms with Crippen LogP contribution in [0.5, 0.6) is 11.5 Å². The molecule has 0 bridgehead atoms. The minimum atomic E-state index is -1.01. The number of rotatable bonds is 17. The van der Waals surface area contributed by atoms with Gasteiger partial charge in [0.1, 0.15) is 18.8 Å². The summed E-state index contributed by atoms with van der Waals surface area (Å²) in [4.78, 5) is 49.4. The van der Waals surface area contributed by atoms with Crippen LogP contribution >= 0.6 is 0 Å². The first-order valence-electron chi connectivity index (χ1n) is 14.1. The lowest BCUT2D eigenvalue weighted by atomic mass is 10.0. The molecule has 0 spiro atoms.